The summed E-state index contributed by atoms with van der Waals surface area (Å²) in [5.74, 6) is -1.16. The van der Waals surface area contributed by atoms with Crippen LogP contribution in [0.4, 0.5) is 0 Å². The van der Waals surface area contributed by atoms with Gasteiger partial charge in [0.05, 0.1) is 0 Å². The molecule has 0 aromatic carbocycles. The molecule has 0 aliphatic heterocycles. The Kier molecular flexibility index (Phi) is 5.32. The van der Waals surface area contributed by atoms with Crippen LogP contribution in [0.25, 0.3) is 0 Å². The van der Waals surface area contributed by atoms with Crippen LogP contribution in [0.3, 0.4) is 0 Å². The molecule has 0 amide bonds. The Morgan fingerprint density at radius 2 is 2.05 bits per heavy atom. The number of aromatic amines is 1. The van der Waals surface area contributed by atoms with Gasteiger partial charge < -0.3 is 14.8 Å². The van der Waals surface area contributed by atoms with E-state index in [1.165, 1.54) is 13.8 Å². The number of hydrogen-bond acceptors (Lipinski definition) is 4. The second-order valence-corrected chi connectivity index (χ2v) is 6.50. The van der Waals surface area contributed by atoms with Crippen molar-refractivity contribution >= 4 is 16.0 Å². The molecule has 7 nitrogen and oxygen atoms in total. The van der Waals surface area contributed by atoms with Gasteiger partial charge in [0, 0.05) is 31.5 Å². The molecule has 8 heteroatoms. The topological polar surface area (TPSA) is 108 Å². The number of aromatic nitrogens is 1. The van der Waals surface area contributed by atoms with Crippen LogP contribution in [0.1, 0.15) is 28.7 Å². The van der Waals surface area contributed by atoms with Crippen molar-refractivity contribution in [2.75, 3.05) is 20.3 Å². The Balaban J connectivity index is 3.02. The van der Waals surface area contributed by atoms with E-state index in [1.54, 1.807) is 7.11 Å². The zero-order chi connectivity index (χ0) is 15.5. The van der Waals surface area contributed by atoms with E-state index < -0.39 is 16.0 Å². The van der Waals surface area contributed by atoms with Gasteiger partial charge in [0.15, 0.2) is 0 Å². The Morgan fingerprint density at radius 1 is 1.45 bits per heavy atom. The summed E-state index contributed by atoms with van der Waals surface area (Å²) in [7, 11) is -2.20. The minimum absolute atomic E-state index is 0.000447. The smallest absolute Gasteiger partial charge is 0.352 e. The van der Waals surface area contributed by atoms with E-state index in [0.717, 1.165) is 0 Å². The van der Waals surface area contributed by atoms with Gasteiger partial charge in [-0.25, -0.2) is 17.9 Å². The van der Waals surface area contributed by atoms with Crippen LogP contribution in [-0.2, 0) is 14.8 Å². The summed E-state index contributed by atoms with van der Waals surface area (Å²) in [5, 5.41) is 8.99. The van der Waals surface area contributed by atoms with Crippen LogP contribution >= 0.6 is 0 Å². The Labute approximate surface area is 118 Å². The Hall–Kier alpha value is -1.38. The lowest BCUT2D eigenvalue weighted by Crippen LogP contribution is -2.30. The molecular weight excluding hydrogens is 284 g/mol. The molecule has 1 atom stereocenters. The second-order valence-electron chi connectivity index (χ2n) is 4.80. The zero-order valence-electron chi connectivity index (χ0n) is 12.0. The third-order valence-electron chi connectivity index (χ3n) is 2.92. The van der Waals surface area contributed by atoms with E-state index in [2.05, 4.69) is 9.71 Å². The van der Waals surface area contributed by atoms with Crippen LogP contribution in [0.5, 0.6) is 0 Å². The SMILES string of the molecule is COCC(C)CNS(=O)(=O)c1c(C)[nH]c(C(=O)O)c1C. The molecule has 20 heavy (non-hydrogen) atoms. The number of sulfonamides is 1. The number of aromatic carboxylic acids is 1. The third-order valence-corrected chi connectivity index (χ3v) is 4.62. The lowest BCUT2D eigenvalue weighted by atomic mass is 10.2. The maximum Gasteiger partial charge on any atom is 0.352 e. The molecule has 0 bridgehead atoms. The highest BCUT2D eigenvalue weighted by atomic mass is 32.2. The summed E-state index contributed by atoms with van der Waals surface area (Å²) < 4.78 is 31.9. The van der Waals surface area contributed by atoms with Gasteiger partial charge in [-0.15, -0.1) is 0 Å². The van der Waals surface area contributed by atoms with E-state index in [0.29, 0.717) is 12.3 Å². The number of carboxylic acids is 1. The van der Waals surface area contributed by atoms with Crippen LogP contribution in [0.2, 0.25) is 0 Å². The molecule has 3 N–H and O–H groups in total. The summed E-state index contributed by atoms with van der Waals surface area (Å²) in [5.41, 5.74) is 0.418. The van der Waals surface area contributed by atoms with Crippen molar-refractivity contribution in [2.24, 2.45) is 5.92 Å². The van der Waals surface area contributed by atoms with Gasteiger partial charge in [-0.1, -0.05) is 6.92 Å². The van der Waals surface area contributed by atoms with Gasteiger partial charge in [0.25, 0.3) is 0 Å². The first-order chi connectivity index (χ1) is 9.20. The lowest BCUT2D eigenvalue weighted by Gasteiger charge is -2.12. The van der Waals surface area contributed by atoms with Crippen LogP contribution < -0.4 is 4.72 Å². The number of ether oxygens (including phenoxy) is 1. The van der Waals surface area contributed by atoms with Crippen molar-refractivity contribution in [2.45, 2.75) is 25.7 Å². The normalized spacial score (nSPS) is 13.4. The van der Waals surface area contributed by atoms with Gasteiger partial charge in [-0.05, 0) is 19.8 Å². The molecule has 0 fully saturated rings. The fraction of sp³-hybridized carbons (Fsp3) is 0.583. The highest BCUT2D eigenvalue weighted by molar-refractivity contribution is 7.89. The summed E-state index contributed by atoms with van der Waals surface area (Å²) in [6, 6.07) is 0. The van der Waals surface area contributed by atoms with Crippen LogP contribution in [0, 0.1) is 19.8 Å². The molecule has 1 unspecified atom stereocenters. The van der Waals surface area contributed by atoms with Crippen molar-refractivity contribution in [3.05, 3.63) is 17.0 Å². The number of aryl methyl sites for hydroxylation is 1. The Morgan fingerprint density at radius 3 is 2.50 bits per heavy atom. The first-order valence-corrected chi connectivity index (χ1v) is 7.60. The van der Waals surface area contributed by atoms with E-state index in [1.807, 2.05) is 6.92 Å². The fourth-order valence-electron chi connectivity index (χ4n) is 2.02. The minimum atomic E-state index is -3.75. The maximum absolute atomic E-state index is 12.3. The molecule has 0 aliphatic rings. The van der Waals surface area contributed by atoms with Crippen LogP contribution in [0.15, 0.2) is 4.90 Å². The lowest BCUT2D eigenvalue weighted by molar-refractivity contribution is 0.0690. The summed E-state index contributed by atoms with van der Waals surface area (Å²) >= 11 is 0. The number of methoxy groups -OCH3 is 1. The third kappa shape index (κ3) is 3.59. The molecule has 0 radical (unpaired) electrons. The molecule has 0 aliphatic carbocycles. The molecule has 0 spiro atoms. The number of H-pyrrole nitrogens is 1. The average molecular weight is 304 g/mol. The Bertz CT molecular complexity index is 591. The predicted molar refractivity (Wildman–Crippen MR) is 73.5 cm³/mol. The molecule has 1 heterocycles. The van der Waals surface area contributed by atoms with Crippen molar-refractivity contribution in [3.8, 4) is 0 Å². The largest absolute Gasteiger partial charge is 0.477 e. The van der Waals surface area contributed by atoms with E-state index in [9.17, 15) is 13.2 Å². The minimum Gasteiger partial charge on any atom is -0.477 e. The molecule has 1 rings (SSSR count). The number of rotatable bonds is 7. The first-order valence-electron chi connectivity index (χ1n) is 6.11. The monoisotopic (exact) mass is 304 g/mol. The predicted octanol–water partition coefficient (Wildman–Crippen LogP) is 0.891. The molecule has 1 aromatic rings. The summed E-state index contributed by atoms with van der Waals surface area (Å²) in [6.07, 6.45) is 0. The fourth-order valence-corrected chi connectivity index (χ4v) is 3.62. The summed E-state index contributed by atoms with van der Waals surface area (Å²) in [6.45, 7) is 5.52. The van der Waals surface area contributed by atoms with Crippen LogP contribution in [-0.4, -0.2) is 44.7 Å². The second kappa shape index (κ2) is 6.38. The van der Waals surface area contributed by atoms with Crippen molar-refractivity contribution in [1.29, 1.82) is 0 Å². The van der Waals surface area contributed by atoms with Gasteiger partial charge in [-0.3, -0.25) is 0 Å². The number of carboxylic acid groups (broad SMARTS) is 1. The molecule has 1 aromatic heterocycles. The van der Waals surface area contributed by atoms with Gasteiger partial charge in [0.2, 0.25) is 10.0 Å². The highest BCUT2D eigenvalue weighted by Crippen LogP contribution is 2.23. The quantitative estimate of drug-likeness (QED) is 0.693. The zero-order valence-corrected chi connectivity index (χ0v) is 12.8. The van der Waals surface area contributed by atoms with E-state index >= 15 is 0 Å². The molecular formula is C12H20N2O5S. The van der Waals surface area contributed by atoms with Crippen molar-refractivity contribution in [3.63, 3.8) is 0 Å². The number of nitrogens with one attached hydrogen (secondary N) is 2. The summed E-state index contributed by atoms with van der Waals surface area (Å²) in [4.78, 5) is 13.6. The molecule has 0 saturated carbocycles. The van der Waals surface area contributed by atoms with Crippen molar-refractivity contribution in [1.82, 2.24) is 9.71 Å². The van der Waals surface area contributed by atoms with E-state index in [4.69, 9.17) is 9.84 Å². The molecule has 0 saturated heterocycles. The van der Waals surface area contributed by atoms with E-state index in [-0.39, 0.29) is 28.6 Å². The average Bonchev–Trinajstić information content (AvgIpc) is 2.63. The maximum atomic E-state index is 12.3. The van der Waals surface area contributed by atoms with Gasteiger partial charge in [-0.2, -0.15) is 0 Å². The van der Waals surface area contributed by atoms with Gasteiger partial charge in [0.1, 0.15) is 10.6 Å². The number of carbonyl (C=O) groups is 1. The number of hydrogen-bond donors (Lipinski definition) is 3. The van der Waals surface area contributed by atoms with Crippen molar-refractivity contribution < 1.29 is 23.1 Å². The highest BCUT2D eigenvalue weighted by Gasteiger charge is 2.26. The molecule has 114 valence electrons. The van der Waals surface area contributed by atoms with Gasteiger partial charge >= 0.3 is 5.97 Å². The standard InChI is InChI=1S/C12H20N2O5S/c1-7(6-19-4)5-13-20(17,18)11-8(2)10(12(15)16)14-9(11)3/h7,13-14H,5-6H2,1-4H3,(H,15,16). The first kappa shape index (κ1) is 16.7.